The molecule has 2 nitrogen and oxygen atoms in total. The molecule has 0 aliphatic carbocycles. The molecule has 1 aromatic rings. The molecule has 2 rings (SSSR count). The minimum absolute atomic E-state index is 0.105. The maximum absolute atomic E-state index is 13.4. The molecule has 0 aromatic heterocycles. The van der Waals surface area contributed by atoms with Crippen LogP contribution < -0.4 is 10.5 Å². The fourth-order valence-electron chi connectivity index (χ4n) is 1.43. The van der Waals surface area contributed by atoms with Crippen LogP contribution in [0.2, 0.25) is 0 Å². The van der Waals surface area contributed by atoms with Gasteiger partial charge in [0.1, 0.15) is 0 Å². The molecule has 1 unspecified atom stereocenters. The average Bonchev–Trinajstić information content (AvgIpc) is 2.12. The molecule has 0 amide bonds. The molecule has 2 N–H and O–H groups in total. The zero-order valence-corrected chi connectivity index (χ0v) is 8.47. The summed E-state index contributed by atoms with van der Waals surface area (Å²) in [4.78, 5) is 0. The zero-order valence-electron chi connectivity index (χ0n) is 6.89. The molecule has 70 valence electrons. The lowest BCUT2D eigenvalue weighted by Crippen LogP contribution is -2.21. The predicted molar refractivity (Wildman–Crippen MR) is 51.1 cm³/mol. The molecule has 13 heavy (non-hydrogen) atoms. The van der Waals surface area contributed by atoms with Crippen LogP contribution in [0.15, 0.2) is 16.6 Å². The van der Waals surface area contributed by atoms with Gasteiger partial charge in [-0.1, -0.05) is 6.07 Å². The van der Waals surface area contributed by atoms with Crippen LogP contribution in [-0.4, -0.2) is 6.61 Å². The second-order valence-corrected chi connectivity index (χ2v) is 3.88. The van der Waals surface area contributed by atoms with E-state index in [1.807, 2.05) is 0 Å². The highest BCUT2D eigenvalue weighted by Crippen LogP contribution is 2.35. The second-order valence-electron chi connectivity index (χ2n) is 3.02. The van der Waals surface area contributed by atoms with Crippen molar-refractivity contribution in [3.63, 3.8) is 0 Å². The average molecular weight is 246 g/mol. The van der Waals surface area contributed by atoms with Crippen molar-refractivity contribution in [2.75, 3.05) is 6.61 Å². The predicted octanol–water partition coefficient (Wildman–Crippen LogP) is 2.37. The van der Waals surface area contributed by atoms with Crippen LogP contribution >= 0.6 is 15.9 Å². The Kier molecular flexibility index (Phi) is 2.26. The second kappa shape index (κ2) is 3.27. The summed E-state index contributed by atoms with van der Waals surface area (Å²) in [5.74, 6) is -0.0548. The third-order valence-electron chi connectivity index (χ3n) is 2.16. The first-order valence-electron chi connectivity index (χ1n) is 4.06. The smallest absolute Gasteiger partial charge is 0.179 e. The van der Waals surface area contributed by atoms with E-state index in [2.05, 4.69) is 15.9 Å². The zero-order chi connectivity index (χ0) is 9.42. The first-order valence-corrected chi connectivity index (χ1v) is 4.85. The number of fused-ring (bicyclic) bond motifs is 1. The van der Waals surface area contributed by atoms with Gasteiger partial charge in [0.25, 0.3) is 0 Å². The van der Waals surface area contributed by atoms with Crippen molar-refractivity contribution in [3.8, 4) is 5.75 Å². The van der Waals surface area contributed by atoms with Gasteiger partial charge in [-0.05, 0) is 22.0 Å². The molecule has 0 radical (unpaired) electrons. The Hall–Kier alpha value is -0.610. The van der Waals surface area contributed by atoms with E-state index in [1.165, 1.54) is 0 Å². The van der Waals surface area contributed by atoms with E-state index < -0.39 is 0 Å². The Labute approximate surface area is 84.0 Å². The number of benzene rings is 1. The molecule has 0 saturated carbocycles. The van der Waals surface area contributed by atoms with Crippen LogP contribution in [0.4, 0.5) is 4.39 Å². The molecular weight excluding hydrogens is 237 g/mol. The molecular formula is C9H9BrFNO. The first-order chi connectivity index (χ1) is 6.20. The first kappa shape index (κ1) is 8.97. The highest BCUT2D eigenvalue weighted by Gasteiger charge is 2.22. The Balaban J connectivity index is 2.56. The van der Waals surface area contributed by atoms with Gasteiger partial charge >= 0.3 is 0 Å². The number of ether oxygens (including phenoxy) is 1. The Morgan fingerprint density at radius 2 is 2.31 bits per heavy atom. The largest absolute Gasteiger partial charge is 0.490 e. The SMILES string of the molecule is NC1CCOc2c1ccc(Br)c2F. The van der Waals surface area contributed by atoms with Crippen molar-refractivity contribution >= 4 is 15.9 Å². The van der Waals surface area contributed by atoms with Crippen molar-refractivity contribution in [1.29, 1.82) is 0 Å². The van der Waals surface area contributed by atoms with E-state index in [0.29, 0.717) is 16.8 Å². The van der Waals surface area contributed by atoms with Crippen LogP contribution in [0.1, 0.15) is 18.0 Å². The van der Waals surface area contributed by atoms with Crippen LogP contribution in [0, 0.1) is 5.82 Å². The van der Waals surface area contributed by atoms with E-state index in [-0.39, 0.29) is 11.9 Å². The standard InChI is InChI=1S/C9H9BrFNO/c10-6-2-1-5-7(12)3-4-13-9(5)8(6)11/h1-2,7H,3-4,12H2. The quantitative estimate of drug-likeness (QED) is 0.762. The van der Waals surface area contributed by atoms with E-state index in [4.69, 9.17) is 10.5 Å². The molecule has 0 fully saturated rings. The normalized spacial score (nSPS) is 20.7. The summed E-state index contributed by atoms with van der Waals surface area (Å²) in [7, 11) is 0. The molecule has 0 spiro atoms. The third kappa shape index (κ3) is 1.44. The summed E-state index contributed by atoms with van der Waals surface area (Å²) in [5, 5.41) is 0. The van der Waals surface area contributed by atoms with E-state index in [0.717, 1.165) is 12.0 Å². The third-order valence-corrected chi connectivity index (χ3v) is 2.77. The summed E-state index contributed by atoms with van der Waals surface area (Å²) < 4.78 is 19.1. The summed E-state index contributed by atoms with van der Waals surface area (Å²) >= 11 is 3.10. The summed E-state index contributed by atoms with van der Waals surface area (Å²) in [6, 6.07) is 3.35. The molecule has 1 aromatic carbocycles. The van der Waals surface area contributed by atoms with Crippen LogP contribution in [0.3, 0.4) is 0 Å². The van der Waals surface area contributed by atoms with Gasteiger partial charge in [0, 0.05) is 18.0 Å². The summed E-state index contributed by atoms with van der Waals surface area (Å²) in [6.07, 6.45) is 0.744. The maximum atomic E-state index is 13.4. The number of rotatable bonds is 0. The van der Waals surface area contributed by atoms with Gasteiger partial charge in [-0.25, -0.2) is 4.39 Å². The molecule has 1 aliphatic heterocycles. The monoisotopic (exact) mass is 245 g/mol. The van der Waals surface area contributed by atoms with Gasteiger partial charge in [0.05, 0.1) is 11.1 Å². The van der Waals surface area contributed by atoms with Crippen molar-refractivity contribution in [3.05, 3.63) is 28.0 Å². The lowest BCUT2D eigenvalue weighted by atomic mass is 10.0. The van der Waals surface area contributed by atoms with Crippen LogP contribution in [0.25, 0.3) is 0 Å². The highest BCUT2D eigenvalue weighted by atomic mass is 79.9. The lowest BCUT2D eigenvalue weighted by molar-refractivity contribution is 0.255. The number of hydrogen-bond acceptors (Lipinski definition) is 2. The molecule has 0 bridgehead atoms. The summed E-state index contributed by atoms with van der Waals surface area (Å²) in [5.41, 5.74) is 6.56. The molecule has 0 saturated heterocycles. The van der Waals surface area contributed by atoms with Crippen molar-refractivity contribution in [2.24, 2.45) is 5.73 Å². The molecule has 4 heteroatoms. The van der Waals surface area contributed by atoms with E-state index >= 15 is 0 Å². The Morgan fingerprint density at radius 3 is 3.08 bits per heavy atom. The Morgan fingerprint density at radius 1 is 1.54 bits per heavy atom. The van der Waals surface area contributed by atoms with Gasteiger partial charge < -0.3 is 10.5 Å². The molecule has 1 aliphatic rings. The Bertz CT molecular complexity index is 343. The topological polar surface area (TPSA) is 35.2 Å². The number of nitrogens with two attached hydrogens (primary N) is 1. The fourth-order valence-corrected chi connectivity index (χ4v) is 1.74. The molecule has 1 atom stereocenters. The maximum Gasteiger partial charge on any atom is 0.179 e. The number of hydrogen-bond donors (Lipinski definition) is 1. The van der Waals surface area contributed by atoms with E-state index in [9.17, 15) is 4.39 Å². The van der Waals surface area contributed by atoms with Crippen molar-refractivity contribution in [2.45, 2.75) is 12.5 Å². The van der Waals surface area contributed by atoms with Gasteiger partial charge in [-0.3, -0.25) is 0 Å². The fraction of sp³-hybridized carbons (Fsp3) is 0.333. The van der Waals surface area contributed by atoms with Gasteiger partial charge in [-0.2, -0.15) is 0 Å². The van der Waals surface area contributed by atoms with Crippen LogP contribution in [0.5, 0.6) is 5.75 Å². The lowest BCUT2D eigenvalue weighted by Gasteiger charge is -2.23. The number of halogens is 2. The molecule has 1 heterocycles. The minimum Gasteiger partial charge on any atom is -0.490 e. The van der Waals surface area contributed by atoms with Crippen molar-refractivity contribution in [1.82, 2.24) is 0 Å². The van der Waals surface area contributed by atoms with Gasteiger partial charge in [0.15, 0.2) is 11.6 Å². The van der Waals surface area contributed by atoms with E-state index in [1.54, 1.807) is 12.1 Å². The summed E-state index contributed by atoms with van der Waals surface area (Å²) in [6.45, 7) is 0.488. The van der Waals surface area contributed by atoms with Gasteiger partial charge in [-0.15, -0.1) is 0 Å². The minimum atomic E-state index is -0.354. The van der Waals surface area contributed by atoms with Gasteiger partial charge in [0.2, 0.25) is 0 Å². The highest BCUT2D eigenvalue weighted by molar-refractivity contribution is 9.10. The van der Waals surface area contributed by atoms with Crippen LogP contribution in [-0.2, 0) is 0 Å². The van der Waals surface area contributed by atoms with Crippen molar-refractivity contribution < 1.29 is 9.13 Å².